The van der Waals surface area contributed by atoms with Crippen LogP contribution in [0.4, 0.5) is 22.7 Å². The zero-order valence-electron chi connectivity index (χ0n) is 29.8. The average molecular weight is 1020 g/mol. The van der Waals surface area contributed by atoms with Crippen LogP contribution in [0.1, 0.15) is 31.8 Å². The van der Waals surface area contributed by atoms with E-state index in [1.807, 2.05) is 0 Å². The monoisotopic (exact) mass is 1010 g/mol. The van der Waals surface area contributed by atoms with E-state index in [1.165, 1.54) is 26.0 Å². The van der Waals surface area contributed by atoms with Gasteiger partial charge in [0.1, 0.15) is 31.6 Å². The molecule has 6 aromatic carbocycles. The Morgan fingerprint density at radius 1 is 0.586 bits per heavy atom. The molecule has 288 valence electrons. The molecule has 6 rings (SSSR count). The number of hydrogen-bond acceptors (Lipinski definition) is 14. The second-order valence-corrected chi connectivity index (χ2v) is 15.2. The number of carbonyl (C=O) groups is 2. The maximum atomic E-state index is 12.5. The van der Waals surface area contributed by atoms with Gasteiger partial charge >= 0.3 is 98.6 Å². The van der Waals surface area contributed by atoms with E-state index in [-0.39, 0.29) is 119 Å². The van der Waals surface area contributed by atoms with Gasteiger partial charge in [-0.1, -0.05) is 83.2 Å². The standard InChI is InChI=1S/2C18H13ClN2O6S.Ba.Ca/c2*1-9-6-15(28(25,26)27)14(8-13(9)19)20-21-16-11-5-3-2-4-10(11)7-12(17(16)22)18(23)24;;/h2*2-8,22H,1H3,(H,23,24)(H,25,26,27);;/q;;2*+2/p-4. The summed E-state index contributed by atoms with van der Waals surface area (Å²) in [5.74, 6) is -4.65. The summed E-state index contributed by atoms with van der Waals surface area (Å²) in [6, 6.07) is 19.7. The Labute approximate surface area is 409 Å². The second-order valence-electron chi connectivity index (χ2n) is 11.7. The molecule has 22 heteroatoms. The van der Waals surface area contributed by atoms with Crippen molar-refractivity contribution in [3.8, 4) is 11.5 Å². The van der Waals surface area contributed by atoms with E-state index in [4.69, 9.17) is 23.2 Å². The SMILES string of the molecule is Cc1cc(S(=O)(=O)[O-])c(N=Nc2c([O-])c(C(=O)O)cc3ccccc23)cc1Cl.Cc1cc(S(=O)(=O)[O-])c(N=Nc2c([O-])c(C(=O)O)cc3ccccc23)cc1Cl.[Ba+2].[Ca+2]. The minimum absolute atomic E-state index is 0. The van der Waals surface area contributed by atoms with Gasteiger partial charge < -0.3 is 29.5 Å². The third-order valence-corrected chi connectivity index (χ3v) is 10.5. The maximum absolute atomic E-state index is 12.5. The first-order valence-corrected chi connectivity index (χ1v) is 19.0. The van der Waals surface area contributed by atoms with E-state index in [1.54, 1.807) is 48.5 Å². The van der Waals surface area contributed by atoms with E-state index >= 15 is 0 Å². The fourth-order valence-electron chi connectivity index (χ4n) is 5.19. The van der Waals surface area contributed by atoms with Crippen LogP contribution in [0.2, 0.25) is 10.0 Å². The summed E-state index contributed by atoms with van der Waals surface area (Å²) in [5.41, 5.74) is -1.61. The molecule has 0 bridgehead atoms. The van der Waals surface area contributed by atoms with Gasteiger partial charge in [-0.2, -0.15) is 10.2 Å². The molecule has 0 fully saturated rings. The van der Waals surface area contributed by atoms with Crippen LogP contribution in [0, 0.1) is 13.8 Å². The third-order valence-electron chi connectivity index (χ3n) is 7.95. The van der Waals surface area contributed by atoms with Gasteiger partial charge in [-0.25, -0.2) is 26.4 Å². The number of benzene rings is 6. The summed E-state index contributed by atoms with van der Waals surface area (Å²) in [7, 11) is -9.77. The molecule has 0 saturated heterocycles. The number of azo groups is 2. The summed E-state index contributed by atoms with van der Waals surface area (Å²) in [6.07, 6.45) is 0. The fourth-order valence-corrected chi connectivity index (χ4v) is 6.86. The summed E-state index contributed by atoms with van der Waals surface area (Å²) >= 11 is 11.9. The van der Waals surface area contributed by atoms with Crippen molar-refractivity contribution in [2.75, 3.05) is 0 Å². The molecule has 0 heterocycles. The predicted molar refractivity (Wildman–Crippen MR) is 209 cm³/mol. The number of carboxylic acid groups (broad SMARTS) is 2. The first-order valence-electron chi connectivity index (χ1n) is 15.5. The second kappa shape index (κ2) is 19.9. The zero-order valence-corrected chi connectivity index (χ0v) is 39.6. The summed E-state index contributed by atoms with van der Waals surface area (Å²) in [6.45, 7) is 3.02. The molecule has 0 atom stereocenters. The molecule has 0 unspecified atom stereocenters. The van der Waals surface area contributed by atoms with Gasteiger partial charge in [-0.15, -0.1) is 10.2 Å². The van der Waals surface area contributed by atoms with E-state index in [9.17, 15) is 56.0 Å². The molecule has 0 aromatic heterocycles. The number of aromatic carboxylic acids is 2. The van der Waals surface area contributed by atoms with Crippen molar-refractivity contribution in [2.45, 2.75) is 23.6 Å². The van der Waals surface area contributed by atoms with Crippen molar-refractivity contribution in [3.63, 3.8) is 0 Å². The van der Waals surface area contributed by atoms with Gasteiger partial charge in [0.25, 0.3) is 0 Å². The van der Waals surface area contributed by atoms with Crippen LogP contribution in [0.5, 0.6) is 11.5 Å². The van der Waals surface area contributed by atoms with Crippen molar-refractivity contribution in [3.05, 3.63) is 117 Å². The van der Waals surface area contributed by atoms with E-state index in [0.29, 0.717) is 32.7 Å². The molecule has 0 aliphatic rings. The Bertz CT molecular complexity index is 2720. The minimum atomic E-state index is -4.89. The van der Waals surface area contributed by atoms with Gasteiger partial charge in [0.2, 0.25) is 0 Å². The molecular weight excluding hydrogens is 993 g/mol. The quantitative estimate of drug-likeness (QED) is 0.0883. The molecule has 0 radical (unpaired) electrons. The summed E-state index contributed by atoms with van der Waals surface area (Å²) < 4.78 is 69.1. The number of carboxylic acids is 2. The van der Waals surface area contributed by atoms with Crippen molar-refractivity contribution >= 4 is 186 Å². The summed E-state index contributed by atoms with van der Waals surface area (Å²) in [4.78, 5) is 21.4. The van der Waals surface area contributed by atoms with Crippen LogP contribution in [0.25, 0.3) is 21.5 Å². The van der Waals surface area contributed by atoms with Crippen molar-refractivity contribution in [1.82, 2.24) is 0 Å². The van der Waals surface area contributed by atoms with Crippen molar-refractivity contribution in [1.29, 1.82) is 0 Å². The fraction of sp³-hybridized carbons (Fsp3) is 0.0556. The molecule has 6 aromatic rings. The third kappa shape index (κ3) is 11.1. The summed E-state index contributed by atoms with van der Waals surface area (Å²) in [5, 5.41) is 60.3. The topological polar surface area (TPSA) is 285 Å². The average Bonchev–Trinajstić information content (AvgIpc) is 3.12. The van der Waals surface area contributed by atoms with Gasteiger partial charge in [-0.3, -0.25) is 0 Å². The minimum Gasteiger partial charge on any atom is -0.870 e. The molecule has 0 aliphatic carbocycles. The Morgan fingerprint density at radius 3 is 1.22 bits per heavy atom. The molecule has 0 amide bonds. The van der Waals surface area contributed by atoms with Crippen LogP contribution >= 0.6 is 23.2 Å². The van der Waals surface area contributed by atoms with Crippen LogP contribution in [0.3, 0.4) is 0 Å². The number of nitrogens with zero attached hydrogens (tertiary/aromatic N) is 4. The van der Waals surface area contributed by atoms with Crippen LogP contribution in [0.15, 0.2) is 115 Å². The number of rotatable bonds is 8. The van der Waals surface area contributed by atoms with Crippen LogP contribution in [-0.2, 0) is 20.2 Å². The molecule has 0 spiro atoms. The number of aryl methyl sites for hydroxylation is 2. The van der Waals surface area contributed by atoms with Crippen molar-refractivity contribution in [2.24, 2.45) is 20.5 Å². The van der Waals surface area contributed by atoms with Crippen LogP contribution in [-0.4, -0.2) is 135 Å². The Kier molecular flexibility index (Phi) is 16.9. The molecule has 58 heavy (non-hydrogen) atoms. The molecule has 0 saturated carbocycles. The van der Waals surface area contributed by atoms with E-state index in [0.717, 1.165) is 24.3 Å². The zero-order chi connectivity index (χ0) is 41.3. The molecule has 2 N–H and O–H groups in total. The van der Waals surface area contributed by atoms with Gasteiger partial charge in [0.05, 0.1) is 32.3 Å². The smallest absolute Gasteiger partial charge is 0.870 e. The van der Waals surface area contributed by atoms with Crippen LogP contribution < -0.4 is 10.2 Å². The first-order chi connectivity index (χ1) is 26.2. The number of hydrogen-bond donors (Lipinski definition) is 2. The predicted octanol–water partition coefficient (Wildman–Crippen LogP) is 7.02. The first kappa shape index (κ1) is 49.2. The maximum Gasteiger partial charge on any atom is 2.00 e. The molecule has 0 aliphatic heterocycles. The Morgan fingerprint density at radius 2 is 0.914 bits per heavy atom. The number of halogens is 2. The largest absolute Gasteiger partial charge is 2.00 e. The van der Waals surface area contributed by atoms with E-state index < -0.39 is 64.6 Å². The van der Waals surface area contributed by atoms with E-state index in [2.05, 4.69) is 20.5 Å². The van der Waals surface area contributed by atoms with Gasteiger partial charge in [0.15, 0.2) is 0 Å². The molecular formula is C36H22BaCaCl2N4O12S2. The Hall–Kier alpha value is -3.19. The number of fused-ring (bicyclic) bond motifs is 2. The van der Waals surface area contributed by atoms with Crippen molar-refractivity contribution < 1.29 is 56.0 Å². The normalized spacial score (nSPS) is 11.6. The Balaban J connectivity index is 0.000000300. The van der Waals surface area contributed by atoms with Gasteiger partial charge in [0, 0.05) is 20.8 Å². The van der Waals surface area contributed by atoms with Gasteiger partial charge in [-0.05, 0) is 72.1 Å². The molecule has 16 nitrogen and oxygen atoms in total.